The summed E-state index contributed by atoms with van der Waals surface area (Å²) in [7, 11) is 0. The Balaban J connectivity index is 1.80. The fourth-order valence-corrected chi connectivity index (χ4v) is 4.53. The minimum atomic E-state index is 0.0719. The Morgan fingerprint density at radius 1 is 1.25 bits per heavy atom. The molecule has 2 fully saturated rings. The molecule has 1 saturated carbocycles. The Morgan fingerprint density at radius 2 is 1.96 bits per heavy atom. The molecule has 24 heavy (non-hydrogen) atoms. The SMILES string of the molecule is C=C(C)N1CCC2(CCC(CC3CC3)C(/C=C\C)=C(CC)O2)CC1. The Labute approximate surface area is 148 Å². The van der Waals surface area contributed by atoms with Gasteiger partial charge in [-0.3, -0.25) is 0 Å². The van der Waals surface area contributed by atoms with E-state index in [0.29, 0.717) is 5.92 Å². The zero-order valence-corrected chi connectivity index (χ0v) is 15.9. The van der Waals surface area contributed by atoms with Crippen LogP contribution in [0.2, 0.25) is 0 Å². The summed E-state index contributed by atoms with van der Waals surface area (Å²) in [6.45, 7) is 12.8. The van der Waals surface area contributed by atoms with E-state index in [2.05, 4.69) is 44.4 Å². The average molecular weight is 330 g/mol. The molecule has 0 radical (unpaired) electrons. The molecule has 0 aromatic heterocycles. The molecule has 0 N–H and O–H groups in total. The number of hydrogen-bond donors (Lipinski definition) is 0. The van der Waals surface area contributed by atoms with Crippen LogP contribution < -0.4 is 0 Å². The molecule has 134 valence electrons. The molecule has 0 aromatic rings. The van der Waals surface area contributed by atoms with E-state index in [4.69, 9.17) is 4.74 Å². The van der Waals surface area contributed by atoms with E-state index in [0.717, 1.165) is 38.3 Å². The highest BCUT2D eigenvalue weighted by atomic mass is 16.5. The quantitative estimate of drug-likeness (QED) is 0.630. The van der Waals surface area contributed by atoms with Crippen LogP contribution in [-0.4, -0.2) is 23.6 Å². The third-order valence-electron chi connectivity index (χ3n) is 6.25. The van der Waals surface area contributed by atoms with Gasteiger partial charge < -0.3 is 9.64 Å². The number of piperidine rings is 1. The van der Waals surface area contributed by atoms with Gasteiger partial charge in [-0.1, -0.05) is 38.5 Å². The number of ether oxygens (including phenoxy) is 1. The molecule has 2 nitrogen and oxygen atoms in total. The van der Waals surface area contributed by atoms with Gasteiger partial charge in [-0.15, -0.1) is 0 Å². The summed E-state index contributed by atoms with van der Waals surface area (Å²) in [5, 5.41) is 0. The smallest absolute Gasteiger partial charge is 0.112 e. The van der Waals surface area contributed by atoms with Crippen LogP contribution >= 0.6 is 0 Å². The molecule has 2 heteroatoms. The van der Waals surface area contributed by atoms with Gasteiger partial charge in [0.05, 0.1) is 5.76 Å². The third-order valence-corrected chi connectivity index (χ3v) is 6.25. The van der Waals surface area contributed by atoms with Crippen molar-refractivity contribution in [2.75, 3.05) is 13.1 Å². The predicted octanol–water partition coefficient (Wildman–Crippen LogP) is 5.82. The molecular formula is C22H35NO. The summed E-state index contributed by atoms with van der Waals surface area (Å²) in [5.41, 5.74) is 2.78. The van der Waals surface area contributed by atoms with Crippen molar-refractivity contribution in [1.82, 2.24) is 4.90 Å². The van der Waals surface area contributed by atoms with E-state index in [1.54, 1.807) is 0 Å². The molecule has 1 aliphatic carbocycles. The van der Waals surface area contributed by atoms with Gasteiger partial charge >= 0.3 is 0 Å². The van der Waals surface area contributed by atoms with Gasteiger partial charge in [0.1, 0.15) is 5.60 Å². The van der Waals surface area contributed by atoms with Crippen molar-refractivity contribution in [2.45, 2.75) is 77.7 Å². The van der Waals surface area contributed by atoms with E-state index in [9.17, 15) is 0 Å². The van der Waals surface area contributed by atoms with Crippen molar-refractivity contribution in [3.63, 3.8) is 0 Å². The highest BCUT2D eigenvalue weighted by Gasteiger charge is 2.41. The Bertz CT molecular complexity index is 518. The molecule has 3 rings (SSSR count). The van der Waals surface area contributed by atoms with Crippen LogP contribution in [0.5, 0.6) is 0 Å². The van der Waals surface area contributed by atoms with Gasteiger partial charge in [-0.2, -0.15) is 0 Å². The molecule has 1 spiro atoms. The molecule has 1 atom stereocenters. The second kappa shape index (κ2) is 7.37. The van der Waals surface area contributed by atoms with Crippen LogP contribution in [0.4, 0.5) is 0 Å². The molecule has 3 aliphatic rings. The van der Waals surface area contributed by atoms with E-state index < -0.39 is 0 Å². The van der Waals surface area contributed by atoms with Crippen LogP contribution in [0.15, 0.2) is 35.8 Å². The van der Waals surface area contributed by atoms with Gasteiger partial charge in [0.25, 0.3) is 0 Å². The maximum Gasteiger partial charge on any atom is 0.112 e. The van der Waals surface area contributed by atoms with E-state index in [1.165, 1.54) is 49.1 Å². The van der Waals surface area contributed by atoms with E-state index in [1.807, 2.05) is 0 Å². The second-order valence-corrected chi connectivity index (χ2v) is 8.15. The first-order chi connectivity index (χ1) is 11.6. The summed E-state index contributed by atoms with van der Waals surface area (Å²) in [6, 6.07) is 0. The Kier molecular flexibility index (Phi) is 5.42. The van der Waals surface area contributed by atoms with Crippen LogP contribution in [0, 0.1) is 11.8 Å². The lowest BCUT2D eigenvalue weighted by Gasteiger charge is -2.43. The molecule has 0 aromatic carbocycles. The van der Waals surface area contributed by atoms with Crippen molar-refractivity contribution in [3.05, 3.63) is 35.8 Å². The molecular weight excluding hydrogens is 294 g/mol. The average Bonchev–Trinajstić information content (AvgIpc) is 3.40. The molecule has 1 saturated heterocycles. The lowest BCUT2D eigenvalue weighted by atomic mass is 9.81. The van der Waals surface area contributed by atoms with Gasteiger partial charge in [0, 0.05) is 38.0 Å². The van der Waals surface area contributed by atoms with E-state index in [-0.39, 0.29) is 5.60 Å². The van der Waals surface area contributed by atoms with Crippen molar-refractivity contribution in [2.24, 2.45) is 11.8 Å². The zero-order chi connectivity index (χ0) is 17.2. The maximum atomic E-state index is 6.79. The summed E-state index contributed by atoms with van der Waals surface area (Å²) >= 11 is 0. The van der Waals surface area contributed by atoms with Gasteiger partial charge in [-0.25, -0.2) is 0 Å². The highest BCUT2D eigenvalue weighted by Crippen LogP contribution is 2.46. The second-order valence-electron chi connectivity index (χ2n) is 8.15. The van der Waals surface area contributed by atoms with Crippen molar-refractivity contribution >= 4 is 0 Å². The minimum Gasteiger partial charge on any atom is -0.491 e. The number of allylic oxidation sites excluding steroid dienone is 5. The van der Waals surface area contributed by atoms with Gasteiger partial charge in [0.15, 0.2) is 0 Å². The summed E-state index contributed by atoms with van der Waals surface area (Å²) in [5.74, 6) is 2.97. The highest BCUT2D eigenvalue weighted by molar-refractivity contribution is 5.27. The molecule has 2 aliphatic heterocycles. The normalized spacial score (nSPS) is 27.5. The number of nitrogens with zero attached hydrogens (tertiary/aromatic N) is 1. The topological polar surface area (TPSA) is 12.5 Å². The largest absolute Gasteiger partial charge is 0.491 e. The first kappa shape index (κ1) is 17.6. The molecule has 1 unspecified atom stereocenters. The monoisotopic (exact) mass is 329 g/mol. The van der Waals surface area contributed by atoms with Crippen LogP contribution in [0.1, 0.15) is 72.1 Å². The lowest BCUT2D eigenvalue weighted by Crippen LogP contribution is -2.45. The standard InChI is InChI=1S/C22H35NO/c1-5-7-20-19(16-18-8-9-18)10-11-22(24-21(20)6-2)12-14-23(15-13-22)17(3)4/h5,7,18-19H,3,6,8-16H2,1-2,4H3/b7-5-. The first-order valence-electron chi connectivity index (χ1n) is 10.0. The van der Waals surface area contributed by atoms with Crippen LogP contribution in [-0.2, 0) is 4.74 Å². The third kappa shape index (κ3) is 3.90. The summed E-state index contributed by atoms with van der Waals surface area (Å²) < 4.78 is 6.79. The Morgan fingerprint density at radius 3 is 2.50 bits per heavy atom. The molecule has 2 heterocycles. The van der Waals surface area contributed by atoms with Crippen molar-refractivity contribution in [1.29, 1.82) is 0 Å². The van der Waals surface area contributed by atoms with Gasteiger partial charge in [0.2, 0.25) is 0 Å². The predicted molar refractivity (Wildman–Crippen MR) is 102 cm³/mol. The molecule has 0 bridgehead atoms. The lowest BCUT2D eigenvalue weighted by molar-refractivity contribution is -0.0487. The first-order valence-corrected chi connectivity index (χ1v) is 10.0. The van der Waals surface area contributed by atoms with Crippen molar-refractivity contribution < 1.29 is 4.74 Å². The van der Waals surface area contributed by atoms with Crippen LogP contribution in [0.3, 0.4) is 0 Å². The maximum absolute atomic E-state index is 6.79. The summed E-state index contributed by atoms with van der Waals surface area (Å²) in [6.07, 6.45) is 14.6. The number of rotatable bonds is 5. The number of likely N-dealkylation sites (tertiary alicyclic amines) is 1. The van der Waals surface area contributed by atoms with Gasteiger partial charge in [-0.05, 0) is 50.5 Å². The minimum absolute atomic E-state index is 0.0719. The number of hydrogen-bond acceptors (Lipinski definition) is 2. The van der Waals surface area contributed by atoms with E-state index >= 15 is 0 Å². The summed E-state index contributed by atoms with van der Waals surface area (Å²) in [4.78, 5) is 2.42. The Hall–Kier alpha value is -1.18. The fourth-order valence-electron chi connectivity index (χ4n) is 4.53. The molecule has 0 amide bonds. The van der Waals surface area contributed by atoms with Crippen LogP contribution in [0.25, 0.3) is 0 Å². The zero-order valence-electron chi connectivity index (χ0n) is 15.9. The fraction of sp³-hybridized carbons (Fsp3) is 0.727. The van der Waals surface area contributed by atoms with Crippen molar-refractivity contribution in [3.8, 4) is 0 Å².